The maximum atomic E-state index is 13.5. The number of benzene rings is 1. The van der Waals surface area contributed by atoms with Gasteiger partial charge in [-0.1, -0.05) is 65.8 Å². The average molecular weight is 565 g/mol. The van der Waals surface area contributed by atoms with Crippen LogP contribution in [-0.2, 0) is 46.7 Å². The molecule has 0 N–H and O–H groups in total. The van der Waals surface area contributed by atoms with E-state index in [2.05, 4.69) is 80.7 Å². The Morgan fingerprint density at radius 1 is 0.816 bits per heavy atom. The number of nitrogens with zero attached hydrogens (tertiary/aromatic N) is 4. The van der Waals surface area contributed by atoms with Gasteiger partial charge in [-0.2, -0.15) is 0 Å². The summed E-state index contributed by atoms with van der Waals surface area (Å²) in [5, 5.41) is 28.3. The molecule has 0 unspecified atom stereocenters. The van der Waals surface area contributed by atoms with Crippen LogP contribution in [0.5, 0.6) is 5.75 Å². The van der Waals surface area contributed by atoms with Gasteiger partial charge in [-0.25, -0.2) is 0 Å². The minimum atomic E-state index is -1.75. The first kappa shape index (κ1) is 33.0. The molecule has 0 atom stereocenters. The van der Waals surface area contributed by atoms with Crippen molar-refractivity contribution < 1.29 is 26.7 Å². The van der Waals surface area contributed by atoms with Gasteiger partial charge in [0.2, 0.25) is 0 Å². The first-order valence-electron chi connectivity index (χ1n) is 12.5. The van der Waals surface area contributed by atoms with Gasteiger partial charge in [0, 0.05) is 56.3 Å². The molecule has 0 bridgehead atoms. The summed E-state index contributed by atoms with van der Waals surface area (Å²) in [6.45, 7) is 15.3. The monoisotopic (exact) mass is 564 g/mol. The Bertz CT molecular complexity index is 1080. The van der Waals surface area contributed by atoms with Crippen molar-refractivity contribution in [1.29, 1.82) is 0 Å². The fourth-order valence-corrected chi connectivity index (χ4v) is 3.94. The van der Waals surface area contributed by atoms with Crippen molar-refractivity contribution in [1.82, 2.24) is 14.9 Å². The van der Waals surface area contributed by atoms with E-state index in [1.807, 2.05) is 36.7 Å². The first-order valence-corrected chi connectivity index (χ1v) is 12.5. The topological polar surface area (TPSA) is 118 Å². The SMILES string of the molecule is CC(C)(C)c1cc(CN(CCc2ccccn2)CCc2ccccn2)c([O-])c(C(C)(C)C)c1.O=[N+]([O-])[O-].[Ni+3]. The van der Waals surface area contributed by atoms with Gasteiger partial charge in [0.05, 0.1) is 5.09 Å². The predicted molar refractivity (Wildman–Crippen MR) is 145 cm³/mol. The van der Waals surface area contributed by atoms with Crippen LogP contribution in [0.4, 0.5) is 0 Å². The van der Waals surface area contributed by atoms with Gasteiger partial charge >= 0.3 is 16.5 Å². The molecule has 8 nitrogen and oxygen atoms in total. The summed E-state index contributed by atoms with van der Waals surface area (Å²) < 4.78 is 0. The molecule has 0 fully saturated rings. The molecule has 0 saturated carbocycles. The van der Waals surface area contributed by atoms with Crippen molar-refractivity contribution in [3.8, 4) is 5.75 Å². The predicted octanol–water partition coefficient (Wildman–Crippen LogP) is 5.19. The molecule has 0 aliphatic rings. The normalized spacial score (nSPS) is 11.3. The summed E-state index contributed by atoms with van der Waals surface area (Å²) in [6.07, 6.45) is 5.38. The molecule has 1 aromatic carbocycles. The van der Waals surface area contributed by atoms with Gasteiger partial charge in [0.1, 0.15) is 0 Å². The van der Waals surface area contributed by atoms with Crippen LogP contribution in [-0.4, -0.2) is 33.0 Å². The third kappa shape index (κ3) is 11.2. The Balaban J connectivity index is 0.00000135. The fraction of sp³-hybridized carbons (Fsp3) is 0.448. The molecular weight excluding hydrogens is 527 g/mol. The minimum Gasteiger partial charge on any atom is -0.872 e. The molecule has 3 aromatic rings. The Morgan fingerprint density at radius 2 is 1.29 bits per heavy atom. The number of hydrogen-bond donors (Lipinski definition) is 0. The molecule has 9 heteroatoms. The van der Waals surface area contributed by atoms with Crippen molar-refractivity contribution in [3.05, 3.63) is 104 Å². The molecule has 2 heterocycles. The number of hydrogen-bond acceptors (Lipinski definition) is 7. The molecule has 3 rings (SSSR count). The van der Waals surface area contributed by atoms with Crippen LogP contribution in [0.15, 0.2) is 60.9 Å². The summed E-state index contributed by atoms with van der Waals surface area (Å²) in [7, 11) is 0. The molecule has 0 aliphatic carbocycles. The Morgan fingerprint density at radius 3 is 1.66 bits per heavy atom. The van der Waals surface area contributed by atoms with Crippen molar-refractivity contribution in [2.45, 2.75) is 71.8 Å². The Kier molecular flexibility index (Phi) is 12.8. The van der Waals surface area contributed by atoms with Crippen LogP contribution in [0.25, 0.3) is 0 Å². The summed E-state index contributed by atoms with van der Waals surface area (Å²) in [5.41, 5.74) is 4.93. The Labute approximate surface area is 236 Å². The summed E-state index contributed by atoms with van der Waals surface area (Å²) in [4.78, 5) is 19.6. The molecule has 1 radical (unpaired) electrons. The average Bonchev–Trinajstić information content (AvgIpc) is 2.81. The van der Waals surface area contributed by atoms with E-state index in [4.69, 9.17) is 15.3 Å². The zero-order chi connectivity index (χ0) is 27.6. The van der Waals surface area contributed by atoms with Crippen LogP contribution in [0, 0.1) is 15.3 Å². The molecule has 0 spiro atoms. The molecule has 0 aliphatic heterocycles. The summed E-state index contributed by atoms with van der Waals surface area (Å²) >= 11 is 0. The van der Waals surface area contributed by atoms with E-state index in [-0.39, 0.29) is 33.1 Å². The van der Waals surface area contributed by atoms with E-state index in [0.29, 0.717) is 6.54 Å². The van der Waals surface area contributed by atoms with E-state index >= 15 is 0 Å². The standard InChI is InChI=1S/C29H39N3O.NO3.Ni/c1-28(2,3)23-19-22(27(33)26(20-23)29(4,5)6)21-32(17-13-24-11-7-9-15-30-24)18-14-25-12-8-10-16-31-25;2-1(3)4;/h7-12,15-16,19-20,33H,13-14,17-18,21H2,1-6H3;;/q;-1;+3/p-1. The third-order valence-corrected chi connectivity index (χ3v) is 6.05. The van der Waals surface area contributed by atoms with Crippen LogP contribution in [0.3, 0.4) is 0 Å². The van der Waals surface area contributed by atoms with Gasteiger partial charge < -0.3 is 20.4 Å². The number of aromatic nitrogens is 2. The van der Waals surface area contributed by atoms with Crippen LogP contribution in [0.1, 0.15) is 69.6 Å². The third-order valence-electron chi connectivity index (χ3n) is 6.05. The quantitative estimate of drug-likeness (QED) is 0.210. The largest absolute Gasteiger partial charge is 3.00 e. The maximum Gasteiger partial charge on any atom is 3.00 e. The molecule has 38 heavy (non-hydrogen) atoms. The smallest absolute Gasteiger partial charge is 0.872 e. The molecular formula is C29H38N4NiO4+. The van der Waals surface area contributed by atoms with E-state index in [9.17, 15) is 5.11 Å². The Hall–Kier alpha value is -3.03. The van der Waals surface area contributed by atoms with E-state index in [0.717, 1.165) is 48.4 Å². The van der Waals surface area contributed by atoms with E-state index in [1.165, 1.54) is 5.56 Å². The van der Waals surface area contributed by atoms with Crippen LogP contribution in [0.2, 0.25) is 0 Å². The van der Waals surface area contributed by atoms with Crippen molar-refractivity contribution >= 4 is 0 Å². The number of rotatable bonds is 8. The zero-order valence-electron chi connectivity index (χ0n) is 23.0. The van der Waals surface area contributed by atoms with E-state index < -0.39 is 5.09 Å². The number of pyridine rings is 2. The minimum absolute atomic E-state index is 0. The van der Waals surface area contributed by atoms with Gasteiger partial charge in [0.15, 0.2) is 0 Å². The fourth-order valence-electron chi connectivity index (χ4n) is 3.94. The van der Waals surface area contributed by atoms with E-state index in [1.54, 1.807) is 0 Å². The van der Waals surface area contributed by atoms with Crippen molar-refractivity contribution in [2.75, 3.05) is 13.1 Å². The molecule has 207 valence electrons. The van der Waals surface area contributed by atoms with Crippen LogP contribution < -0.4 is 5.11 Å². The second-order valence-electron chi connectivity index (χ2n) is 11.2. The van der Waals surface area contributed by atoms with Gasteiger partial charge in [0.25, 0.3) is 0 Å². The maximum absolute atomic E-state index is 13.5. The summed E-state index contributed by atoms with van der Waals surface area (Å²) in [5.74, 6) is 0.177. The summed E-state index contributed by atoms with van der Waals surface area (Å²) in [6, 6.07) is 16.3. The molecule has 0 saturated heterocycles. The van der Waals surface area contributed by atoms with Crippen molar-refractivity contribution in [2.24, 2.45) is 0 Å². The van der Waals surface area contributed by atoms with Crippen LogP contribution >= 0.6 is 0 Å². The van der Waals surface area contributed by atoms with Crippen molar-refractivity contribution in [3.63, 3.8) is 0 Å². The molecule has 0 amide bonds. The van der Waals surface area contributed by atoms with Gasteiger partial charge in [-0.3, -0.25) is 14.9 Å². The van der Waals surface area contributed by atoms with Gasteiger partial charge in [-0.05, 0) is 51.8 Å². The zero-order valence-corrected chi connectivity index (χ0v) is 24.0. The second kappa shape index (κ2) is 14.8. The second-order valence-corrected chi connectivity index (χ2v) is 11.2. The van der Waals surface area contributed by atoms with Gasteiger partial charge in [-0.15, -0.1) is 5.75 Å². The first-order chi connectivity index (χ1) is 17.3. The molecule has 2 aromatic heterocycles.